The lowest BCUT2D eigenvalue weighted by molar-refractivity contribution is 0.180. The number of rotatable bonds is 7. The van der Waals surface area contributed by atoms with Gasteiger partial charge in [0.1, 0.15) is 29.3 Å². The van der Waals surface area contributed by atoms with Gasteiger partial charge >= 0.3 is 0 Å². The maximum atomic E-state index is 13.0. The third-order valence-electron chi connectivity index (χ3n) is 5.12. The van der Waals surface area contributed by atoms with Crippen molar-refractivity contribution in [2.75, 3.05) is 26.2 Å². The summed E-state index contributed by atoms with van der Waals surface area (Å²) in [5.41, 5.74) is 1.06. The van der Waals surface area contributed by atoms with E-state index in [1.54, 1.807) is 24.3 Å². The number of nitriles is 1. The number of halogens is 1. The highest BCUT2D eigenvalue weighted by molar-refractivity contribution is 7.89. The van der Waals surface area contributed by atoms with Crippen molar-refractivity contribution < 1.29 is 17.5 Å². The molecule has 0 bridgehead atoms. The SMILES string of the molecule is N#Cc1ccccc1S(=O)(=O)N1CCN(Cc2csc(COc3ccc(F)cc3)n2)CC1. The molecule has 0 N–H and O–H groups in total. The first-order valence-electron chi connectivity index (χ1n) is 9.99. The summed E-state index contributed by atoms with van der Waals surface area (Å²) in [7, 11) is -3.70. The monoisotopic (exact) mass is 472 g/mol. The second-order valence-corrected chi connectivity index (χ2v) is 10.1. The fraction of sp³-hybridized carbons (Fsp3) is 0.273. The van der Waals surface area contributed by atoms with Gasteiger partial charge in [-0.05, 0) is 36.4 Å². The summed E-state index contributed by atoms with van der Waals surface area (Å²) in [5, 5.41) is 12.0. The molecule has 2 aromatic carbocycles. The van der Waals surface area contributed by atoms with Gasteiger partial charge < -0.3 is 4.74 Å². The minimum absolute atomic E-state index is 0.0567. The highest BCUT2D eigenvalue weighted by atomic mass is 32.2. The summed E-state index contributed by atoms with van der Waals surface area (Å²) in [5.74, 6) is 0.273. The normalized spacial score (nSPS) is 15.4. The minimum atomic E-state index is -3.70. The molecule has 3 aromatic rings. The van der Waals surface area contributed by atoms with Gasteiger partial charge in [-0.1, -0.05) is 12.1 Å². The van der Waals surface area contributed by atoms with E-state index in [4.69, 9.17) is 4.74 Å². The second kappa shape index (κ2) is 9.75. The third kappa shape index (κ3) is 5.14. The van der Waals surface area contributed by atoms with Gasteiger partial charge in [-0.2, -0.15) is 9.57 Å². The van der Waals surface area contributed by atoms with Crippen LogP contribution in [0.15, 0.2) is 58.8 Å². The lowest BCUT2D eigenvalue weighted by Crippen LogP contribution is -2.48. The predicted octanol–water partition coefficient (Wildman–Crippen LogP) is 3.24. The Bertz CT molecular complexity index is 1210. The number of nitrogens with zero attached hydrogens (tertiary/aromatic N) is 4. The van der Waals surface area contributed by atoms with Gasteiger partial charge in [0.15, 0.2) is 0 Å². The number of hydrogen-bond acceptors (Lipinski definition) is 7. The van der Waals surface area contributed by atoms with Gasteiger partial charge in [0.25, 0.3) is 0 Å². The zero-order chi connectivity index (χ0) is 22.6. The van der Waals surface area contributed by atoms with E-state index in [1.165, 1.54) is 39.9 Å². The van der Waals surface area contributed by atoms with Crippen LogP contribution in [-0.4, -0.2) is 48.8 Å². The van der Waals surface area contributed by atoms with Crippen LogP contribution in [0, 0.1) is 17.1 Å². The molecule has 1 aromatic heterocycles. The first-order valence-corrected chi connectivity index (χ1v) is 12.3. The zero-order valence-electron chi connectivity index (χ0n) is 17.1. The van der Waals surface area contributed by atoms with Crippen LogP contribution in [0.2, 0.25) is 0 Å². The summed E-state index contributed by atoms with van der Waals surface area (Å²) in [4.78, 5) is 6.80. The standard InChI is InChI=1S/C22H21FN4O3S2/c23-18-5-7-20(8-6-18)30-15-22-25-19(16-31-22)14-26-9-11-27(12-10-26)32(28,29)21-4-2-1-3-17(21)13-24/h1-8,16H,9-12,14-15H2. The number of benzene rings is 2. The number of ether oxygens (including phenoxy) is 1. The van der Waals surface area contributed by atoms with E-state index < -0.39 is 10.0 Å². The second-order valence-electron chi connectivity index (χ2n) is 7.26. The molecule has 0 aliphatic carbocycles. The van der Waals surface area contributed by atoms with Crippen LogP contribution in [-0.2, 0) is 23.2 Å². The van der Waals surface area contributed by atoms with Gasteiger partial charge in [-0.3, -0.25) is 4.90 Å². The molecule has 0 saturated carbocycles. The average molecular weight is 473 g/mol. The van der Waals surface area contributed by atoms with E-state index in [1.807, 2.05) is 11.4 Å². The lowest BCUT2D eigenvalue weighted by Gasteiger charge is -2.33. The van der Waals surface area contributed by atoms with Gasteiger partial charge in [0.2, 0.25) is 10.0 Å². The summed E-state index contributed by atoms with van der Waals surface area (Å²) in [6, 6.07) is 14.1. The molecular formula is C22H21FN4O3S2. The van der Waals surface area contributed by atoms with E-state index >= 15 is 0 Å². The van der Waals surface area contributed by atoms with Gasteiger partial charge in [0.05, 0.1) is 16.2 Å². The van der Waals surface area contributed by atoms with Gasteiger partial charge in [0, 0.05) is 38.1 Å². The summed E-state index contributed by atoms with van der Waals surface area (Å²) in [6.07, 6.45) is 0. The lowest BCUT2D eigenvalue weighted by atomic mass is 10.2. The van der Waals surface area contributed by atoms with Crippen molar-refractivity contribution in [2.45, 2.75) is 18.0 Å². The van der Waals surface area contributed by atoms with Crippen molar-refractivity contribution in [3.8, 4) is 11.8 Å². The average Bonchev–Trinajstić information content (AvgIpc) is 3.26. The van der Waals surface area contributed by atoms with Crippen molar-refractivity contribution in [1.82, 2.24) is 14.2 Å². The van der Waals surface area contributed by atoms with Crippen molar-refractivity contribution >= 4 is 21.4 Å². The fourth-order valence-electron chi connectivity index (χ4n) is 3.44. The molecule has 1 fully saturated rings. The molecule has 10 heteroatoms. The third-order valence-corrected chi connectivity index (χ3v) is 7.95. The Morgan fingerprint density at radius 2 is 1.81 bits per heavy atom. The highest BCUT2D eigenvalue weighted by Crippen LogP contribution is 2.22. The van der Waals surface area contributed by atoms with Crippen molar-refractivity contribution in [1.29, 1.82) is 5.26 Å². The number of sulfonamides is 1. The Kier molecular flexibility index (Phi) is 6.81. The van der Waals surface area contributed by atoms with Crippen molar-refractivity contribution in [2.24, 2.45) is 0 Å². The maximum absolute atomic E-state index is 13.0. The van der Waals surface area contributed by atoms with E-state index in [9.17, 15) is 18.1 Å². The molecule has 0 radical (unpaired) electrons. The van der Waals surface area contributed by atoms with Crippen LogP contribution < -0.4 is 4.74 Å². The summed E-state index contributed by atoms with van der Waals surface area (Å²) >= 11 is 1.49. The number of piperazine rings is 1. The quantitative estimate of drug-likeness (QED) is 0.525. The van der Waals surface area contributed by atoms with Crippen LogP contribution in [0.5, 0.6) is 5.75 Å². The summed E-state index contributed by atoms with van der Waals surface area (Å²) in [6.45, 7) is 2.79. The van der Waals surface area contributed by atoms with E-state index in [0.29, 0.717) is 45.1 Å². The molecule has 32 heavy (non-hydrogen) atoms. The number of hydrogen-bond donors (Lipinski definition) is 0. The topological polar surface area (TPSA) is 86.5 Å². The minimum Gasteiger partial charge on any atom is -0.486 e. The van der Waals surface area contributed by atoms with Crippen molar-refractivity contribution in [3.05, 3.63) is 76.0 Å². The Hall–Kier alpha value is -2.84. The molecule has 0 unspecified atom stereocenters. The first-order chi connectivity index (χ1) is 15.5. The van der Waals surface area contributed by atoms with E-state index in [2.05, 4.69) is 9.88 Å². The van der Waals surface area contributed by atoms with Crippen LogP contribution in [0.3, 0.4) is 0 Å². The molecule has 0 amide bonds. The summed E-state index contributed by atoms with van der Waals surface area (Å²) < 4.78 is 45.9. The van der Waals surface area contributed by atoms with Crippen molar-refractivity contribution in [3.63, 3.8) is 0 Å². The molecule has 1 aliphatic rings. The molecule has 166 valence electrons. The Morgan fingerprint density at radius 3 is 2.53 bits per heavy atom. The highest BCUT2D eigenvalue weighted by Gasteiger charge is 2.30. The molecule has 2 heterocycles. The molecule has 7 nitrogen and oxygen atoms in total. The van der Waals surface area contributed by atoms with Crippen LogP contribution in [0.1, 0.15) is 16.3 Å². The molecular weight excluding hydrogens is 451 g/mol. The number of aromatic nitrogens is 1. The smallest absolute Gasteiger partial charge is 0.244 e. The zero-order valence-corrected chi connectivity index (χ0v) is 18.8. The van der Waals surface area contributed by atoms with Gasteiger partial charge in [-0.25, -0.2) is 17.8 Å². The first kappa shape index (κ1) is 22.4. The predicted molar refractivity (Wildman–Crippen MR) is 118 cm³/mol. The molecule has 0 atom stereocenters. The maximum Gasteiger partial charge on any atom is 0.244 e. The molecule has 0 spiro atoms. The van der Waals surface area contributed by atoms with Gasteiger partial charge in [-0.15, -0.1) is 11.3 Å². The van der Waals surface area contributed by atoms with Crippen LogP contribution in [0.25, 0.3) is 0 Å². The molecule has 4 rings (SSSR count). The van der Waals surface area contributed by atoms with Crippen LogP contribution in [0.4, 0.5) is 4.39 Å². The Morgan fingerprint density at radius 1 is 1.09 bits per heavy atom. The molecule has 1 aliphatic heterocycles. The Balaban J connectivity index is 1.31. The molecule has 1 saturated heterocycles. The largest absolute Gasteiger partial charge is 0.486 e. The Labute approximate surface area is 190 Å². The van der Waals surface area contributed by atoms with E-state index in [-0.39, 0.29) is 16.3 Å². The van der Waals surface area contributed by atoms with Crippen LogP contribution >= 0.6 is 11.3 Å². The van der Waals surface area contributed by atoms with E-state index in [0.717, 1.165) is 10.7 Å². The number of thiazole rings is 1. The fourth-order valence-corrected chi connectivity index (χ4v) is 5.70.